The van der Waals surface area contributed by atoms with Crippen LogP contribution in [-0.2, 0) is 18.9 Å². The normalized spacial score (nSPS) is 46.1. The maximum atomic E-state index is 10.4. The summed E-state index contributed by atoms with van der Waals surface area (Å²) in [6.45, 7) is 7.12. The van der Waals surface area contributed by atoms with Crippen molar-refractivity contribution < 1.29 is 49.6 Å². The molecule has 32 heavy (non-hydrogen) atoms. The monoisotopic (exact) mass is 462 g/mol. The average molecular weight is 463 g/mol. The second-order valence-corrected chi connectivity index (χ2v) is 9.77. The summed E-state index contributed by atoms with van der Waals surface area (Å²) < 4.78 is 22.7. The molecule has 2 saturated heterocycles. The molecule has 3 aliphatic rings. The molecule has 0 bridgehead atoms. The number of aliphatic hydroxyl groups is 6. The van der Waals surface area contributed by atoms with Crippen molar-refractivity contribution in [3.05, 3.63) is 11.6 Å². The van der Waals surface area contributed by atoms with Crippen LogP contribution in [0.3, 0.4) is 0 Å². The molecular weight excluding hydrogens is 424 g/mol. The standard InChI is InChI=1S/C22H38O10/c1-10-5-7-12(8-6-10)22(3,4)32-21-19(28)17(26)15(24)13(31-21)9-29-20-18(27)16(25)14(23)11(2)30-20/h5,11-21,23-28H,6-9H2,1-4H3/t11-,12+,13+,14-,15+,16+,17-,18+,19+,20+,21-/m0/s1. The molecular formula is C22H38O10. The van der Waals surface area contributed by atoms with Crippen LogP contribution in [-0.4, -0.2) is 104 Å². The van der Waals surface area contributed by atoms with Crippen LogP contribution in [0, 0.1) is 5.92 Å². The van der Waals surface area contributed by atoms with E-state index >= 15 is 0 Å². The third-order valence-corrected chi connectivity index (χ3v) is 6.94. The molecule has 186 valence electrons. The lowest BCUT2D eigenvalue weighted by atomic mass is 9.79. The molecule has 0 spiro atoms. The SMILES string of the molecule is CC1=CC[C@@H](C(C)(C)O[C@@H]2O[C@H](CO[C@@H]3O[C@@H](C)[C@H](O)[C@@H](O)[C@H]3O)[C@@H](O)[C@H](O)[C@H]2O)CC1. The van der Waals surface area contributed by atoms with Gasteiger partial charge in [0, 0.05) is 0 Å². The molecule has 10 nitrogen and oxygen atoms in total. The highest BCUT2D eigenvalue weighted by Gasteiger charge is 2.48. The average Bonchev–Trinajstić information content (AvgIpc) is 2.75. The van der Waals surface area contributed by atoms with Crippen LogP contribution >= 0.6 is 0 Å². The van der Waals surface area contributed by atoms with Gasteiger partial charge >= 0.3 is 0 Å². The molecule has 3 rings (SSSR count). The minimum atomic E-state index is -1.53. The van der Waals surface area contributed by atoms with Gasteiger partial charge in [-0.1, -0.05) is 11.6 Å². The van der Waals surface area contributed by atoms with E-state index in [1.807, 2.05) is 13.8 Å². The molecule has 10 heteroatoms. The van der Waals surface area contributed by atoms with Crippen molar-refractivity contribution in [3.8, 4) is 0 Å². The van der Waals surface area contributed by atoms with Crippen molar-refractivity contribution in [2.45, 2.75) is 114 Å². The van der Waals surface area contributed by atoms with E-state index in [1.165, 1.54) is 12.5 Å². The third kappa shape index (κ3) is 5.52. The second kappa shape index (κ2) is 10.3. The fourth-order valence-electron chi connectivity index (χ4n) is 4.48. The Bertz CT molecular complexity index is 655. The van der Waals surface area contributed by atoms with E-state index in [9.17, 15) is 30.6 Å². The second-order valence-electron chi connectivity index (χ2n) is 9.77. The van der Waals surface area contributed by atoms with Crippen LogP contribution < -0.4 is 0 Å². The number of rotatable bonds is 6. The Kier molecular flexibility index (Phi) is 8.36. The summed E-state index contributed by atoms with van der Waals surface area (Å²) in [4.78, 5) is 0. The molecule has 0 aromatic rings. The lowest BCUT2D eigenvalue weighted by Gasteiger charge is -2.46. The highest BCUT2D eigenvalue weighted by atomic mass is 16.7. The van der Waals surface area contributed by atoms with Crippen LogP contribution in [0.5, 0.6) is 0 Å². The van der Waals surface area contributed by atoms with E-state index in [0.717, 1.165) is 19.3 Å². The Morgan fingerprint density at radius 3 is 2.16 bits per heavy atom. The predicted molar refractivity (Wildman–Crippen MR) is 111 cm³/mol. The Morgan fingerprint density at radius 2 is 1.53 bits per heavy atom. The Hall–Kier alpha value is -0.660. The smallest absolute Gasteiger partial charge is 0.187 e. The summed E-state index contributed by atoms with van der Waals surface area (Å²) in [6, 6.07) is 0. The van der Waals surface area contributed by atoms with Gasteiger partial charge in [-0.05, 0) is 52.9 Å². The van der Waals surface area contributed by atoms with Crippen molar-refractivity contribution in [2.24, 2.45) is 5.92 Å². The van der Waals surface area contributed by atoms with Gasteiger partial charge in [0.15, 0.2) is 12.6 Å². The molecule has 11 atom stereocenters. The summed E-state index contributed by atoms with van der Waals surface area (Å²) >= 11 is 0. The van der Waals surface area contributed by atoms with Crippen LogP contribution in [0.4, 0.5) is 0 Å². The van der Waals surface area contributed by atoms with E-state index in [2.05, 4.69) is 13.0 Å². The van der Waals surface area contributed by atoms with Crippen molar-refractivity contribution in [1.82, 2.24) is 0 Å². The zero-order chi connectivity index (χ0) is 23.8. The van der Waals surface area contributed by atoms with Crippen LogP contribution in [0.2, 0.25) is 0 Å². The van der Waals surface area contributed by atoms with E-state index in [-0.39, 0.29) is 12.5 Å². The Labute approximate surface area is 188 Å². The number of allylic oxidation sites excluding steroid dienone is 2. The minimum Gasteiger partial charge on any atom is -0.388 e. The van der Waals surface area contributed by atoms with Gasteiger partial charge in [-0.2, -0.15) is 0 Å². The molecule has 0 unspecified atom stereocenters. The molecule has 0 amide bonds. The fourth-order valence-corrected chi connectivity index (χ4v) is 4.48. The van der Waals surface area contributed by atoms with Crippen molar-refractivity contribution in [1.29, 1.82) is 0 Å². The molecule has 0 aromatic heterocycles. The summed E-state index contributed by atoms with van der Waals surface area (Å²) in [7, 11) is 0. The zero-order valence-corrected chi connectivity index (χ0v) is 19.1. The molecule has 0 radical (unpaired) electrons. The third-order valence-electron chi connectivity index (χ3n) is 6.94. The van der Waals surface area contributed by atoms with E-state index in [0.29, 0.717) is 0 Å². The number of hydrogen-bond donors (Lipinski definition) is 6. The van der Waals surface area contributed by atoms with Gasteiger partial charge in [-0.25, -0.2) is 0 Å². The lowest BCUT2D eigenvalue weighted by molar-refractivity contribution is -0.343. The number of ether oxygens (including phenoxy) is 4. The largest absolute Gasteiger partial charge is 0.388 e. The lowest BCUT2D eigenvalue weighted by Crippen LogP contribution is -2.62. The number of aliphatic hydroxyl groups excluding tert-OH is 6. The molecule has 2 heterocycles. The van der Waals surface area contributed by atoms with Gasteiger partial charge in [0.1, 0.15) is 42.7 Å². The minimum absolute atomic E-state index is 0.195. The van der Waals surface area contributed by atoms with Crippen molar-refractivity contribution in [2.75, 3.05) is 6.61 Å². The fraction of sp³-hybridized carbons (Fsp3) is 0.909. The van der Waals surface area contributed by atoms with Gasteiger partial charge < -0.3 is 49.6 Å². The van der Waals surface area contributed by atoms with Gasteiger partial charge in [0.2, 0.25) is 0 Å². The van der Waals surface area contributed by atoms with Crippen molar-refractivity contribution >= 4 is 0 Å². The first-order valence-corrected chi connectivity index (χ1v) is 11.3. The summed E-state index contributed by atoms with van der Waals surface area (Å²) in [5, 5.41) is 61.0. The maximum absolute atomic E-state index is 10.4. The molecule has 2 fully saturated rings. The topological polar surface area (TPSA) is 158 Å². The zero-order valence-electron chi connectivity index (χ0n) is 19.1. The van der Waals surface area contributed by atoms with Crippen LogP contribution in [0.25, 0.3) is 0 Å². The quantitative estimate of drug-likeness (QED) is 0.275. The van der Waals surface area contributed by atoms with Gasteiger partial charge in [0.25, 0.3) is 0 Å². The van der Waals surface area contributed by atoms with Crippen molar-refractivity contribution in [3.63, 3.8) is 0 Å². The first-order chi connectivity index (χ1) is 14.9. The van der Waals surface area contributed by atoms with E-state index in [1.54, 1.807) is 0 Å². The maximum Gasteiger partial charge on any atom is 0.187 e. The van der Waals surface area contributed by atoms with E-state index < -0.39 is 67.0 Å². The first kappa shape index (κ1) is 26.0. The number of hydrogen-bond acceptors (Lipinski definition) is 10. The highest BCUT2D eigenvalue weighted by molar-refractivity contribution is 5.05. The van der Waals surface area contributed by atoms with Crippen LogP contribution in [0.1, 0.15) is 47.0 Å². The predicted octanol–water partition coefficient (Wildman–Crippen LogP) is -0.820. The summed E-state index contributed by atoms with van der Waals surface area (Å²) in [5.74, 6) is 0.195. The van der Waals surface area contributed by atoms with E-state index in [4.69, 9.17) is 18.9 Å². The van der Waals surface area contributed by atoms with Crippen LogP contribution in [0.15, 0.2) is 11.6 Å². The molecule has 6 N–H and O–H groups in total. The first-order valence-electron chi connectivity index (χ1n) is 11.3. The van der Waals surface area contributed by atoms with Gasteiger partial charge in [-0.3, -0.25) is 0 Å². The summed E-state index contributed by atoms with van der Waals surface area (Å²) in [5.41, 5.74) is 0.676. The molecule has 0 aromatic carbocycles. The molecule has 2 aliphatic heterocycles. The summed E-state index contributed by atoms with van der Waals surface area (Å²) in [6.07, 6.45) is -8.13. The molecule has 1 aliphatic carbocycles. The van der Waals surface area contributed by atoms with Gasteiger partial charge in [-0.15, -0.1) is 0 Å². The Morgan fingerprint density at radius 1 is 0.906 bits per heavy atom. The Balaban J connectivity index is 1.62. The van der Waals surface area contributed by atoms with Gasteiger partial charge in [0.05, 0.1) is 18.3 Å². The molecule has 0 saturated carbocycles. The highest BCUT2D eigenvalue weighted by Crippen LogP contribution is 2.37.